The van der Waals surface area contributed by atoms with Gasteiger partial charge in [-0.3, -0.25) is 0 Å². The molecule has 1 atom stereocenters. The molecule has 0 aromatic rings. The highest BCUT2D eigenvalue weighted by atomic mass is 16.6. The summed E-state index contributed by atoms with van der Waals surface area (Å²) in [5.41, 5.74) is -1.24. The van der Waals surface area contributed by atoms with Crippen molar-refractivity contribution >= 4 is 6.09 Å². The third-order valence-electron chi connectivity index (χ3n) is 4.49. The first-order valence-electron chi connectivity index (χ1n) is 8.72. The smallest absolute Gasteiger partial charge is 0.410 e. The molecule has 1 aliphatic rings. The average molecular weight is 339 g/mol. The van der Waals surface area contributed by atoms with Gasteiger partial charge in [0.2, 0.25) is 0 Å². The molecule has 1 fully saturated rings. The van der Waals surface area contributed by atoms with Gasteiger partial charge in [0.15, 0.2) is 0 Å². The normalized spacial score (nSPS) is 25.9. The second-order valence-electron chi connectivity index (χ2n) is 8.27. The zero-order valence-corrected chi connectivity index (χ0v) is 16.0. The molecular weight excluding hydrogens is 306 g/mol. The number of nitriles is 1. The summed E-state index contributed by atoms with van der Waals surface area (Å²) >= 11 is 0. The highest BCUT2D eigenvalue weighted by Gasteiger charge is 2.37. The molecule has 138 valence electrons. The second kappa shape index (κ2) is 8.17. The van der Waals surface area contributed by atoms with Gasteiger partial charge in [-0.1, -0.05) is 0 Å². The fourth-order valence-corrected chi connectivity index (χ4v) is 3.24. The lowest BCUT2D eigenvalue weighted by molar-refractivity contribution is -0.0423. The van der Waals surface area contributed by atoms with Gasteiger partial charge in [0, 0.05) is 26.2 Å². The van der Waals surface area contributed by atoms with Crippen molar-refractivity contribution in [3.63, 3.8) is 0 Å². The number of ether oxygens (including phenoxy) is 1. The van der Waals surface area contributed by atoms with Crippen LogP contribution in [0.5, 0.6) is 0 Å². The minimum Gasteiger partial charge on any atom is -0.444 e. The van der Waals surface area contributed by atoms with Gasteiger partial charge in [0.25, 0.3) is 0 Å². The minimum atomic E-state index is -0.741. The number of carbonyl (C=O) groups excluding carboxylic acids is 1. The van der Waals surface area contributed by atoms with Gasteiger partial charge in [-0.2, -0.15) is 5.26 Å². The Hall–Kier alpha value is -1.32. The van der Waals surface area contributed by atoms with Crippen molar-refractivity contribution in [2.75, 3.05) is 27.2 Å². The second-order valence-corrected chi connectivity index (χ2v) is 8.27. The van der Waals surface area contributed by atoms with Crippen LogP contribution in [-0.4, -0.2) is 65.4 Å². The van der Waals surface area contributed by atoms with Gasteiger partial charge < -0.3 is 19.6 Å². The van der Waals surface area contributed by atoms with Crippen LogP contribution in [0.1, 0.15) is 53.4 Å². The summed E-state index contributed by atoms with van der Waals surface area (Å²) in [6, 6.07) is 2.32. The van der Waals surface area contributed by atoms with E-state index in [9.17, 15) is 9.90 Å². The highest BCUT2D eigenvalue weighted by molar-refractivity contribution is 5.68. The molecule has 1 N–H and O–H groups in total. The molecular formula is C18H33N3O3. The molecule has 0 bridgehead atoms. The maximum absolute atomic E-state index is 12.2. The molecule has 0 radical (unpaired) electrons. The number of rotatable bonds is 5. The topological polar surface area (TPSA) is 76.8 Å². The Morgan fingerprint density at radius 1 is 1.38 bits per heavy atom. The lowest BCUT2D eigenvalue weighted by Crippen LogP contribution is -2.50. The van der Waals surface area contributed by atoms with E-state index in [-0.39, 0.29) is 18.1 Å². The largest absolute Gasteiger partial charge is 0.444 e. The molecule has 0 unspecified atom stereocenters. The van der Waals surface area contributed by atoms with Crippen LogP contribution >= 0.6 is 0 Å². The van der Waals surface area contributed by atoms with E-state index >= 15 is 0 Å². The van der Waals surface area contributed by atoms with Crippen molar-refractivity contribution in [3.8, 4) is 6.07 Å². The van der Waals surface area contributed by atoms with Crippen molar-refractivity contribution in [1.82, 2.24) is 9.80 Å². The number of hydrogen-bond donors (Lipinski definition) is 1. The molecule has 1 rings (SSSR count). The van der Waals surface area contributed by atoms with Crippen LogP contribution in [0.3, 0.4) is 0 Å². The van der Waals surface area contributed by atoms with Crippen LogP contribution in [0.15, 0.2) is 0 Å². The summed E-state index contributed by atoms with van der Waals surface area (Å²) in [4.78, 5) is 15.8. The Morgan fingerprint density at radius 3 is 2.38 bits per heavy atom. The summed E-state index contributed by atoms with van der Waals surface area (Å²) in [6.07, 6.45) is 2.51. The van der Waals surface area contributed by atoms with Crippen LogP contribution in [0.4, 0.5) is 4.79 Å². The molecule has 6 heteroatoms. The van der Waals surface area contributed by atoms with Gasteiger partial charge in [-0.05, 0) is 60.4 Å². The summed E-state index contributed by atoms with van der Waals surface area (Å²) in [5, 5.41) is 19.7. The number of nitrogens with zero attached hydrogens (tertiary/aromatic N) is 3. The van der Waals surface area contributed by atoms with Gasteiger partial charge in [0.05, 0.1) is 17.6 Å². The molecule has 1 saturated carbocycles. The van der Waals surface area contributed by atoms with E-state index in [1.165, 1.54) is 0 Å². The molecule has 1 amide bonds. The summed E-state index contributed by atoms with van der Waals surface area (Å²) < 4.78 is 5.41. The van der Waals surface area contributed by atoms with Crippen molar-refractivity contribution in [1.29, 1.82) is 5.26 Å². The zero-order valence-electron chi connectivity index (χ0n) is 16.0. The first-order chi connectivity index (χ1) is 11.0. The molecule has 24 heavy (non-hydrogen) atoms. The Balaban J connectivity index is 2.50. The summed E-state index contributed by atoms with van der Waals surface area (Å²) in [6.45, 7) is 8.67. The van der Waals surface area contributed by atoms with E-state index in [1.807, 2.05) is 39.6 Å². The van der Waals surface area contributed by atoms with E-state index in [2.05, 4.69) is 6.07 Å². The number of likely N-dealkylation sites (N-methyl/N-ethyl adjacent to an activating group) is 1. The van der Waals surface area contributed by atoms with Crippen LogP contribution in [0.2, 0.25) is 0 Å². The first-order valence-corrected chi connectivity index (χ1v) is 8.72. The third kappa shape index (κ3) is 6.66. The Kier molecular flexibility index (Phi) is 7.06. The number of aliphatic hydroxyl groups is 1. The molecule has 1 aliphatic carbocycles. The third-order valence-corrected chi connectivity index (χ3v) is 4.49. The number of amides is 1. The van der Waals surface area contributed by atoms with Gasteiger partial charge in [0.1, 0.15) is 5.60 Å². The predicted octanol–water partition coefficient (Wildman–Crippen LogP) is 2.62. The van der Waals surface area contributed by atoms with Gasteiger partial charge >= 0.3 is 6.09 Å². The SMILES string of the molecule is C[C@H](C#N)CN(C)CC1(O)CCC(N(C)C(=O)OC(C)(C)C)CC1. The van der Waals surface area contributed by atoms with Crippen molar-refractivity contribution in [2.24, 2.45) is 5.92 Å². The van der Waals surface area contributed by atoms with E-state index in [1.54, 1.807) is 11.9 Å². The highest BCUT2D eigenvalue weighted by Crippen LogP contribution is 2.31. The van der Waals surface area contributed by atoms with Gasteiger partial charge in [-0.15, -0.1) is 0 Å². The van der Waals surface area contributed by atoms with E-state index in [4.69, 9.17) is 10.00 Å². The summed E-state index contributed by atoms with van der Waals surface area (Å²) in [5.74, 6) is -0.0479. The first kappa shape index (κ1) is 20.7. The quantitative estimate of drug-likeness (QED) is 0.833. The maximum atomic E-state index is 12.2. The molecule has 6 nitrogen and oxygen atoms in total. The molecule has 0 spiro atoms. The maximum Gasteiger partial charge on any atom is 0.410 e. The van der Waals surface area contributed by atoms with Crippen LogP contribution in [0.25, 0.3) is 0 Å². The molecule has 0 saturated heterocycles. The lowest BCUT2D eigenvalue weighted by Gasteiger charge is -2.41. The van der Waals surface area contributed by atoms with Crippen LogP contribution in [0, 0.1) is 17.2 Å². The molecule has 0 aromatic carbocycles. The van der Waals surface area contributed by atoms with Crippen molar-refractivity contribution < 1.29 is 14.6 Å². The minimum absolute atomic E-state index is 0.0479. The van der Waals surface area contributed by atoms with Crippen LogP contribution < -0.4 is 0 Å². The lowest BCUT2D eigenvalue weighted by atomic mass is 9.81. The van der Waals surface area contributed by atoms with Crippen LogP contribution in [-0.2, 0) is 4.74 Å². The van der Waals surface area contributed by atoms with E-state index < -0.39 is 11.2 Å². The number of hydrogen-bond acceptors (Lipinski definition) is 5. The van der Waals surface area contributed by atoms with E-state index in [0.29, 0.717) is 25.9 Å². The van der Waals surface area contributed by atoms with Crippen molar-refractivity contribution in [2.45, 2.75) is 70.6 Å². The standard InChI is InChI=1S/C18H33N3O3/c1-14(11-19)12-20(5)13-18(23)9-7-15(8-10-18)21(6)16(22)24-17(2,3)4/h14-15,23H,7-10,12-13H2,1-6H3/t14-,15?,18?/m1/s1. The van der Waals surface area contributed by atoms with Crippen molar-refractivity contribution in [3.05, 3.63) is 0 Å². The molecule has 0 heterocycles. The Morgan fingerprint density at radius 2 is 1.92 bits per heavy atom. The average Bonchev–Trinajstić information content (AvgIpc) is 2.44. The monoisotopic (exact) mass is 339 g/mol. The van der Waals surface area contributed by atoms with E-state index in [0.717, 1.165) is 12.8 Å². The predicted molar refractivity (Wildman–Crippen MR) is 93.5 cm³/mol. The fourth-order valence-electron chi connectivity index (χ4n) is 3.24. The summed E-state index contributed by atoms with van der Waals surface area (Å²) in [7, 11) is 3.70. The zero-order chi connectivity index (χ0) is 18.5. The Labute approximate surface area is 146 Å². The fraction of sp³-hybridized carbons (Fsp3) is 0.889. The molecule has 0 aliphatic heterocycles. The molecule has 0 aromatic heterocycles. The number of carbonyl (C=O) groups is 1. The van der Waals surface area contributed by atoms with Gasteiger partial charge in [-0.25, -0.2) is 4.79 Å². The Bertz CT molecular complexity index is 459.